The molecule has 0 unspecified atom stereocenters. The summed E-state index contributed by atoms with van der Waals surface area (Å²) >= 11 is 0. The molecule has 1 fully saturated rings. The molecule has 0 amide bonds. The first-order valence-corrected chi connectivity index (χ1v) is 13.6. The molecule has 0 spiro atoms. The Morgan fingerprint density at radius 2 is 1.00 bits per heavy atom. The largest absolute Gasteiger partial charge is 0.422 e. The van der Waals surface area contributed by atoms with Gasteiger partial charge in [-0.05, 0) is 32.1 Å². The standard InChI is InChI=1S/C28H50O4/c1-4-5-6-7-8-9-10-11-12-13-14-15-16-17-18-19-20-21-22-23-24-25-26(29)31-28(2,3)32-27(25)30/h11-12,25H,4-10,13-24H2,1-3H3/b12-11-. The van der Waals surface area contributed by atoms with E-state index in [1.165, 1.54) is 103 Å². The summed E-state index contributed by atoms with van der Waals surface area (Å²) in [6, 6.07) is 0. The maximum absolute atomic E-state index is 11.9. The molecule has 1 rings (SSSR count). The normalized spacial score (nSPS) is 16.5. The van der Waals surface area contributed by atoms with E-state index in [0.29, 0.717) is 6.42 Å². The number of rotatable bonds is 20. The van der Waals surface area contributed by atoms with Crippen LogP contribution in [0.1, 0.15) is 143 Å². The van der Waals surface area contributed by atoms with Crippen LogP contribution in [0.25, 0.3) is 0 Å². The number of esters is 2. The molecule has 32 heavy (non-hydrogen) atoms. The van der Waals surface area contributed by atoms with Crippen molar-refractivity contribution in [3.8, 4) is 0 Å². The van der Waals surface area contributed by atoms with Gasteiger partial charge in [-0.25, -0.2) is 0 Å². The summed E-state index contributed by atoms with van der Waals surface area (Å²) < 4.78 is 10.3. The van der Waals surface area contributed by atoms with Crippen LogP contribution in [-0.2, 0) is 19.1 Å². The Balaban J connectivity index is 1.82. The first-order chi connectivity index (χ1) is 15.5. The van der Waals surface area contributed by atoms with E-state index in [9.17, 15) is 9.59 Å². The molecule has 4 nitrogen and oxygen atoms in total. The minimum atomic E-state index is -1.12. The zero-order chi connectivity index (χ0) is 23.5. The Morgan fingerprint density at radius 3 is 1.44 bits per heavy atom. The van der Waals surface area contributed by atoms with E-state index in [-0.39, 0.29) is 0 Å². The smallest absolute Gasteiger partial charge is 0.323 e. The molecule has 0 aromatic carbocycles. The third-order valence-corrected chi connectivity index (χ3v) is 6.27. The summed E-state index contributed by atoms with van der Waals surface area (Å²) in [5, 5.41) is 0. The van der Waals surface area contributed by atoms with Crippen LogP contribution in [0.5, 0.6) is 0 Å². The molecule has 0 bridgehead atoms. The molecular formula is C28H50O4. The molecule has 1 aliphatic rings. The Morgan fingerprint density at radius 1 is 0.625 bits per heavy atom. The lowest BCUT2D eigenvalue weighted by molar-refractivity contribution is -0.240. The van der Waals surface area contributed by atoms with Crippen LogP contribution < -0.4 is 0 Å². The highest BCUT2D eigenvalue weighted by Crippen LogP contribution is 2.26. The van der Waals surface area contributed by atoms with Gasteiger partial charge in [0.2, 0.25) is 0 Å². The molecule has 0 atom stereocenters. The Kier molecular flexibility index (Phi) is 16.3. The van der Waals surface area contributed by atoms with E-state index in [1.807, 2.05) is 0 Å². The number of ether oxygens (including phenoxy) is 2. The summed E-state index contributed by atoms with van der Waals surface area (Å²) in [6.45, 7) is 5.45. The van der Waals surface area contributed by atoms with Gasteiger partial charge < -0.3 is 9.47 Å². The van der Waals surface area contributed by atoms with Crippen molar-refractivity contribution >= 4 is 11.9 Å². The predicted octanol–water partition coefficient (Wildman–Crippen LogP) is 8.43. The van der Waals surface area contributed by atoms with Gasteiger partial charge >= 0.3 is 11.9 Å². The summed E-state index contributed by atoms with van der Waals surface area (Å²) in [4.78, 5) is 23.9. The van der Waals surface area contributed by atoms with Crippen molar-refractivity contribution in [2.24, 2.45) is 5.92 Å². The Labute approximate surface area is 197 Å². The van der Waals surface area contributed by atoms with E-state index in [4.69, 9.17) is 9.47 Å². The predicted molar refractivity (Wildman–Crippen MR) is 132 cm³/mol. The topological polar surface area (TPSA) is 52.6 Å². The van der Waals surface area contributed by atoms with Crippen LogP contribution in [0.15, 0.2) is 12.2 Å². The van der Waals surface area contributed by atoms with Crippen molar-refractivity contribution in [3.63, 3.8) is 0 Å². The minimum absolute atomic E-state index is 0.431. The second-order valence-electron chi connectivity index (χ2n) is 9.94. The van der Waals surface area contributed by atoms with Gasteiger partial charge in [0, 0.05) is 13.8 Å². The van der Waals surface area contributed by atoms with E-state index in [2.05, 4.69) is 19.1 Å². The highest BCUT2D eigenvalue weighted by molar-refractivity contribution is 5.96. The molecular weight excluding hydrogens is 400 g/mol. The van der Waals surface area contributed by atoms with Crippen molar-refractivity contribution in [2.75, 3.05) is 0 Å². The lowest BCUT2D eigenvalue weighted by Gasteiger charge is -2.32. The highest BCUT2D eigenvalue weighted by Gasteiger charge is 2.42. The molecule has 0 aliphatic carbocycles. The van der Waals surface area contributed by atoms with Gasteiger partial charge in [0.25, 0.3) is 5.79 Å². The third-order valence-electron chi connectivity index (χ3n) is 6.27. The third kappa shape index (κ3) is 14.7. The van der Waals surface area contributed by atoms with Gasteiger partial charge in [-0.3, -0.25) is 9.59 Å². The Hall–Kier alpha value is -1.32. The summed E-state index contributed by atoms with van der Waals surface area (Å²) in [6.07, 6.45) is 28.5. The quantitative estimate of drug-likeness (QED) is 0.0808. The van der Waals surface area contributed by atoms with Gasteiger partial charge in [-0.15, -0.1) is 0 Å². The molecule has 186 valence electrons. The number of allylic oxidation sites excluding steroid dienone is 2. The molecule has 1 heterocycles. The fraction of sp³-hybridized carbons (Fsp3) is 0.857. The molecule has 0 N–H and O–H groups in total. The molecule has 0 saturated carbocycles. The number of unbranched alkanes of at least 4 members (excludes halogenated alkanes) is 16. The fourth-order valence-electron chi connectivity index (χ4n) is 4.28. The van der Waals surface area contributed by atoms with Gasteiger partial charge in [0.15, 0.2) is 5.92 Å². The van der Waals surface area contributed by atoms with Crippen LogP contribution in [0.2, 0.25) is 0 Å². The van der Waals surface area contributed by atoms with Gasteiger partial charge in [-0.2, -0.15) is 0 Å². The van der Waals surface area contributed by atoms with Gasteiger partial charge in [-0.1, -0.05) is 109 Å². The van der Waals surface area contributed by atoms with Crippen molar-refractivity contribution in [2.45, 2.75) is 149 Å². The second kappa shape index (κ2) is 18.1. The van der Waals surface area contributed by atoms with E-state index in [0.717, 1.165) is 12.8 Å². The molecule has 1 saturated heterocycles. The Bertz CT molecular complexity index is 504. The number of cyclic esters (lactones) is 2. The highest BCUT2D eigenvalue weighted by atomic mass is 16.7. The van der Waals surface area contributed by atoms with Crippen molar-refractivity contribution < 1.29 is 19.1 Å². The molecule has 1 aliphatic heterocycles. The van der Waals surface area contributed by atoms with E-state index in [1.54, 1.807) is 13.8 Å². The van der Waals surface area contributed by atoms with Crippen LogP contribution in [0, 0.1) is 5.92 Å². The van der Waals surface area contributed by atoms with Crippen molar-refractivity contribution in [1.29, 1.82) is 0 Å². The van der Waals surface area contributed by atoms with Gasteiger partial charge in [0.1, 0.15) is 0 Å². The first-order valence-electron chi connectivity index (χ1n) is 13.6. The maximum atomic E-state index is 11.9. The van der Waals surface area contributed by atoms with E-state index < -0.39 is 23.6 Å². The number of carbonyl (C=O) groups is 2. The minimum Gasteiger partial charge on any atom is -0.422 e. The van der Waals surface area contributed by atoms with Crippen molar-refractivity contribution in [3.05, 3.63) is 12.2 Å². The number of hydrogen-bond acceptors (Lipinski definition) is 4. The first kappa shape index (κ1) is 28.7. The summed E-state index contributed by atoms with van der Waals surface area (Å²) in [5.74, 6) is -2.71. The summed E-state index contributed by atoms with van der Waals surface area (Å²) in [5.41, 5.74) is 0. The molecule has 4 heteroatoms. The van der Waals surface area contributed by atoms with E-state index >= 15 is 0 Å². The number of carbonyl (C=O) groups excluding carboxylic acids is 2. The molecule has 0 aromatic rings. The molecule has 0 aromatic heterocycles. The average molecular weight is 451 g/mol. The van der Waals surface area contributed by atoms with Crippen LogP contribution in [0.3, 0.4) is 0 Å². The van der Waals surface area contributed by atoms with Crippen LogP contribution >= 0.6 is 0 Å². The lowest BCUT2D eigenvalue weighted by Crippen LogP contribution is -2.46. The van der Waals surface area contributed by atoms with Crippen molar-refractivity contribution in [1.82, 2.24) is 0 Å². The monoisotopic (exact) mass is 450 g/mol. The zero-order valence-corrected chi connectivity index (χ0v) is 21.3. The van der Waals surface area contributed by atoms with Crippen LogP contribution in [-0.4, -0.2) is 17.7 Å². The van der Waals surface area contributed by atoms with Crippen LogP contribution in [0.4, 0.5) is 0 Å². The maximum Gasteiger partial charge on any atom is 0.323 e. The van der Waals surface area contributed by atoms with Gasteiger partial charge in [0.05, 0.1) is 0 Å². The zero-order valence-electron chi connectivity index (χ0n) is 21.3. The SMILES string of the molecule is CCCCCCCC/C=C\CCCCCCCCCCCCC1C(=O)OC(C)(C)OC1=O. The fourth-order valence-corrected chi connectivity index (χ4v) is 4.28. The molecule has 0 radical (unpaired) electrons. The lowest BCUT2D eigenvalue weighted by atomic mass is 9.99. The summed E-state index contributed by atoms with van der Waals surface area (Å²) in [7, 11) is 0. The average Bonchev–Trinajstić information content (AvgIpc) is 2.73. The number of hydrogen-bond donors (Lipinski definition) is 0. The second-order valence-corrected chi connectivity index (χ2v) is 9.94.